The highest BCUT2D eigenvalue weighted by molar-refractivity contribution is 9.10. The maximum atomic E-state index is 7.58. The molecule has 2 aromatic rings. The molecule has 0 saturated carbocycles. The first-order valence-electron chi connectivity index (χ1n) is 5.86. The zero-order valence-electron chi connectivity index (χ0n) is 10.9. The van der Waals surface area contributed by atoms with Gasteiger partial charge in [0.05, 0.1) is 12.7 Å². The van der Waals surface area contributed by atoms with Crippen molar-refractivity contribution in [3.63, 3.8) is 0 Å². The highest BCUT2D eigenvalue weighted by Crippen LogP contribution is 2.29. The number of amidine groups is 1. The number of hydrogen-bond donors (Lipinski definition) is 2. The molecule has 3 N–H and O–H groups in total. The van der Waals surface area contributed by atoms with Crippen LogP contribution in [-0.2, 0) is 5.75 Å². The van der Waals surface area contributed by atoms with Crippen LogP contribution >= 0.6 is 27.7 Å². The minimum absolute atomic E-state index is 0.00715. The molecule has 0 aliphatic heterocycles. The van der Waals surface area contributed by atoms with E-state index < -0.39 is 0 Å². The van der Waals surface area contributed by atoms with Gasteiger partial charge in [-0.3, -0.25) is 5.41 Å². The van der Waals surface area contributed by atoms with Gasteiger partial charge in [0, 0.05) is 16.4 Å². The van der Waals surface area contributed by atoms with Crippen molar-refractivity contribution in [2.75, 3.05) is 7.11 Å². The van der Waals surface area contributed by atoms with E-state index in [0.29, 0.717) is 11.3 Å². The summed E-state index contributed by atoms with van der Waals surface area (Å²) < 4.78 is 6.17. The molecule has 0 radical (unpaired) electrons. The fourth-order valence-corrected chi connectivity index (χ4v) is 3.11. The summed E-state index contributed by atoms with van der Waals surface area (Å²) >= 11 is 5.10. The number of nitrogens with zero attached hydrogens (tertiary/aromatic N) is 1. The van der Waals surface area contributed by atoms with Crippen LogP contribution in [0, 0.1) is 5.41 Å². The molecule has 0 saturated heterocycles. The van der Waals surface area contributed by atoms with Crippen molar-refractivity contribution in [2.24, 2.45) is 5.73 Å². The van der Waals surface area contributed by atoms with E-state index in [0.717, 1.165) is 20.8 Å². The van der Waals surface area contributed by atoms with Gasteiger partial charge >= 0.3 is 0 Å². The highest BCUT2D eigenvalue weighted by atomic mass is 79.9. The second-order valence-electron chi connectivity index (χ2n) is 4.03. The van der Waals surface area contributed by atoms with Crippen molar-refractivity contribution in [1.82, 2.24) is 4.98 Å². The molecule has 0 aliphatic rings. The molecule has 0 bridgehead atoms. The van der Waals surface area contributed by atoms with Crippen molar-refractivity contribution in [1.29, 1.82) is 5.41 Å². The second kappa shape index (κ2) is 6.76. The SMILES string of the molecule is COc1ccc(CSc2ncccc2Br)cc1C(=N)N. The number of halogens is 1. The predicted molar refractivity (Wildman–Crippen MR) is 85.5 cm³/mol. The van der Waals surface area contributed by atoms with E-state index in [2.05, 4.69) is 20.9 Å². The smallest absolute Gasteiger partial charge is 0.129 e. The van der Waals surface area contributed by atoms with E-state index >= 15 is 0 Å². The molecule has 0 spiro atoms. The number of nitrogens with one attached hydrogen (secondary N) is 1. The van der Waals surface area contributed by atoms with Crippen LogP contribution in [0.15, 0.2) is 46.0 Å². The highest BCUT2D eigenvalue weighted by Gasteiger charge is 2.08. The lowest BCUT2D eigenvalue weighted by atomic mass is 10.1. The number of benzene rings is 1. The quantitative estimate of drug-likeness (QED) is 0.491. The summed E-state index contributed by atoms with van der Waals surface area (Å²) in [6, 6.07) is 9.53. The summed E-state index contributed by atoms with van der Waals surface area (Å²) in [5.74, 6) is 1.37. The maximum absolute atomic E-state index is 7.58. The third-order valence-electron chi connectivity index (χ3n) is 2.65. The predicted octanol–water partition coefficient (Wildman–Crippen LogP) is 3.43. The Bertz CT molecular complexity index is 634. The number of aromatic nitrogens is 1. The monoisotopic (exact) mass is 351 g/mol. The summed E-state index contributed by atoms with van der Waals surface area (Å²) in [7, 11) is 1.57. The zero-order chi connectivity index (χ0) is 14.5. The van der Waals surface area contributed by atoms with Gasteiger partial charge in [-0.1, -0.05) is 6.07 Å². The van der Waals surface area contributed by atoms with Crippen molar-refractivity contribution in [3.05, 3.63) is 52.1 Å². The molecule has 1 aromatic heterocycles. The first kappa shape index (κ1) is 14.9. The van der Waals surface area contributed by atoms with Crippen LogP contribution in [0.25, 0.3) is 0 Å². The summed E-state index contributed by atoms with van der Waals surface area (Å²) in [6.07, 6.45) is 1.77. The third kappa shape index (κ3) is 3.52. The van der Waals surface area contributed by atoms with Crippen molar-refractivity contribution in [2.45, 2.75) is 10.8 Å². The molecule has 0 amide bonds. The molecule has 0 atom stereocenters. The van der Waals surface area contributed by atoms with Gasteiger partial charge in [-0.15, -0.1) is 11.8 Å². The fraction of sp³-hybridized carbons (Fsp3) is 0.143. The topological polar surface area (TPSA) is 72.0 Å². The first-order valence-corrected chi connectivity index (χ1v) is 7.64. The van der Waals surface area contributed by atoms with Crippen LogP contribution in [-0.4, -0.2) is 17.9 Å². The van der Waals surface area contributed by atoms with Gasteiger partial charge in [-0.2, -0.15) is 0 Å². The van der Waals surface area contributed by atoms with E-state index in [1.807, 2.05) is 30.3 Å². The average Bonchev–Trinajstić information content (AvgIpc) is 2.46. The first-order chi connectivity index (χ1) is 9.61. The Hall–Kier alpha value is -1.53. The normalized spacial score (nSPS) is 10.3. The van der Waals surface area contributed by atoms with Crippen LogP contribution in [0.5, 0.6) is 5.75 Å². The molecule has 0 unspecified atom stereocenters. The Kier molecular flexibility index (Phi) is 5.03. The standard InChI is InChI=1S/C14H14BrN3OS/c1-19-12-5-4-9(7-10(12)13(16)17)8-20-14-11(15)3-2-6-18-14/h2-7H,8H2,1H3,(H3,16,17). The van der Waals surface area contributed by atoms with Crippen LogP contribution in [0.1, 0.15) is 11.1 Å². The van der Waals surface area contributed by atoms with E-state index in [4.69, 9.17) is 15.9 Å². The number of thioether (sulfide) groups is 1. The van der Waals surface area contributed by atoms with Crippen molar-refractivity contribution in [3.8, 4) is 5.75 Å². The van der Waals surface area contributed by atoms with Crippen molar-refractivity contribution < 1.29 is 4.74 Å². The lowest BCUT2D eigenvalue weighted by Crippen LogP contribution is -2.12. The lowest BCUT2D eigenvalue weighted by molar-refractivity contribution is 0.413. The Morgan fingerprint density at radius 3 is 2.90 bits per heavy atom. The Balaban J connectivity index is 2.16. The summed E-state index contributed by atoms with van der Waals surface area (Å²) in [6.45, 7) is 0. The Morgan fingerprint density at radius 2 is 2.25 bits per heavy atom. The molecule has 1 aromatic carbocycles. The largest absolute Gasteiger partial charge is 0.496 e. The van der Waals surface area contributed by atoms with Gasteiger partial charge in [0.1, 0.15) is 16.6 Å². The Morgan fingerprint density at radius 1 is 1.45 bits per heavy atom. The van der Waals surface area contributed by atoms with E-state index in [1.165, 1.54) is 0 Å². The average molecular weight is 352 g/mol. The van der Waals surface area contributed by atoms with Gasteiger partial charge in [0.25, 0.3) is 0 Å². The van der Waals surface area contributed by atoms with E-state index in [-0.39, 0.29) is 5.84 Å². The fourth-order valence-electron chi connectivity index (χ4n) is 1.68. The minimum atomic E-state index is 0.00715. The number of rotatable bonds is 5. The molecular weight excluding hydrogens is 338 g/mol. The molecule has 4 nitrogen and oxygen atoms in total. The lowest BCUT2D eigenvalue weighted by Gasteiger charge is -2.09. The summed E-state index contributed by atoms with van der Waals surface area (Å²) in [4.78, 5) is 4.31. The van der Waals surface area contributed by atoms with Gasteiger partial charge in [-0.05, 0) is 45.8 Å². The van der Waals surface area contributed by atoms with Gasteiger partial charge in [0.2, 0.25) is 0 Å². The van der Waals surface area contributed by atoms with E-state index in [9.17, 15) is 0 Å². The molecule has 2 rings (SSSR count). The molecule has 1 heterocycles. The van der Waals surface area contributed by atoms with Gasteiger partial charge in [-0.25, -0.2) is 4.98 Å². The number of ether oxygens (including phenoxy) is 1. The number of pyridine rings is 1. The van der Waals surface area contributed by atoms with Crippen LogP contribution in [0.2, 0.25) is 0 Å². The summed E-state index contributed by atoms with van der Waals surface area (Å²) in [5, 5.41) is 8.52. The molecular formula is C14H14BrN3OS. The van der Waals surface area contributed by atoms with E-state index in [1.54, 1.807) is 25.1 Å². The second-order valence-corrected chi connectivity index (χ2v) is 5.85. The van der Waals surface area contributed by atoms with Crippen LogP contribution < -0.4 is 10.5 Å². The zero-order valence-corrected chi connectivity index (χ0v) is 13.3. The minimum Gasteiger partial charge on any atom is -0.496 e. The molecule has 20 heavy (non-hydrogen) atoms. The molecule has 6 heteroatoms. The van der Waals surface area contributed by atoms with Crippen LogP contribution in [0.4, 0.5) is 0 Å². The number of nitrogens with two attached hydrogens (primary N) is 1. The molecule has 104 valence electrons. The number of methoxy groups -OCH3 is 1. The molecule has 0 fully saturated rings. The van der Waals surface area contributed by atoms with Crippen molar-refractivity contribution >= 4 is 33.5 Å². The number of nitrogen functional groups attached to an aromatic ring is 1. The number of hydrogen-bond acceptors (Lipinski definition) is 4. The van der Waals surface area contributed by atoms with Gasteiger partial charge in [0.15, 0.2) is 0 Å². The van der Waals surface area contributed by atoms with Gasteiger partial charge < -0.3 is 10.5 Å². The molecule has 0 aliphatic carbocycles. The third-order valence-corrected chi connectivity index (χ3v) is 4.63. The Labute approximate surface area is 130 Å². The maximum Gasteiger partial charge on any atom is 0.129 e. The summed E-state index contributed by atoms with van der Waals surface area (Å²) in [5.41, 5.74) is 7.25. The van der Waals surface area contributed by atoms with Crippen LogP contribution in [0.3, 0.4) is 0 Å².